The number of anilines is 1. The highest BCUT2D eigenvalue weighted by molar-refractivity contribution is 8.18. The van der Waals surface area contributed by atoms with Crippen LogP contribution in [-0.2, 0) is 4.79 Å². The zero-order valence-electron chi connectivity index (χ0n) is 19.5. The molecule has 0 bridgehead atoms. The van der Waals surface area contributed by atoms with Crippen LogP contribution in [0.5, 0.6) is 0 Å². The Balaban J connectivity index is 1.19. The summed E-state index contributed by atoms with van der Waals surface area (Å²) in [5, 5.41) is 6.05. The molecule has 2 aromatic carbocycles. The van der Waals surface area contributed by atoms with Crippen molar-refractivity contribution in [2.75, 3.05) is 31.1 Å². The number of nitrogens with zero attached hydrogens (tertiary/aromatic N) is 2. The second-order valence-electron chi connectivity index (χ2n) is 8.93. The third kappa shape index (κ3) is 4.91. The van der Waals surface area contributed by atoms with Crippen LogP contribution >= 0.6 is 23.4 Å². The topological polar surface area (TPSA) is 98.8 Å². The number of thioether (sulfide) groups is 1. The normalized spacial score (nSPS) is 20.9. The Labute approximate surface area is 218 Å². The molecule has 2 aromatic rings. The van der Waals surface area contributed by atoms with Crippen molar-refractivity contribution in [3.63, 3.8) is 0 Å². The molecule has 3 aliphatic heterocycles. The molecule has 0 aliphatic carbocycles. The number of rotatable bonds is 7. The number of fused-ring (bicyclic) bond motifs is 1. The highest BCUT2D eigenvalue weighted by Gasteiger charge is 2.34. The highest BCUT2D eigenvalue weighted by atomic mass is 35.5. The molecule has 36 heavy (non-hydrogen) atoms. The lowest BCUT2D eigenvalue weighted by atomic mass is 10.0. The van der Waals surface area contributed by atoms with Gasteiger partial charge in [0.15, 0.2) is 0 Å². The number of carbonyl (C=O) groups excluding carboxylic acids is 4. The third-order valence-electron chi connectivity index (χ3n) is 6.55. The molecule has 2 fully saturated rings. The number of piperidine rings is 1. The van der Waals surface area contributed by atoms with Gasteiger partial charge >= 0.3 is 0 Å². The van der Waals surface area contributed by atoms with E-state index in [1.54, 1.807) is 30.3 Å². The Morgan fingerprint density at radius 2 is 1.81 bits per heavy atom. The summed E-state index contributed by atoms with van der Waals surface area (Å²) in [6.45, 7) is 2.59. The third-order valence-corrected chi connectivity index (χ3v) is 7.67. The van der Waals surface area contributed by atoms with Crippen LogP contribution in [0.3, 0.4) is 0 Å². The molecular formula is C26H25ClN4O4S. The first-order valence-electron chi connectivity index (χ1n) is 11.9. The molecule has 0 radical (unpaired) electrons. The van der Waals surface area contributed by atoms with Gasteiger partial charge in [-0.3, -0.25) is 29.4 Å². The van der Waals surface area contributed by atoms with Crippen LogP contribution in [0, 0.1) is 0 Å². The molecule has 8 nitrogen and oxygen atoms in total. The SMILES string of the molecule is O=C1NC(=O)C(=Cc2cccc(Cl)c2N2CCC[C@@H](NCCCN3C(=O)c4ccccc4C3=O)C2)S1. The number of amides is 4. The Kier molecular flexibility index (Phi) is 7.13. The lowest BCUT2D eigenvalue weighted by Gasteiger charge is -2.36. The van der Waals surface area contributed by atoms with Crippen LogP contribution in [0.15, 0.2) is 47.4 Å². The van der Waals surface area contributed by atoms with E-state index in [2.05, 4.69) is 15.5 Å². The smallest absolute Gasteiger partial charge is 0.290 e. The summed E-state index contributed by atoms with van der Waals surface area (Å²) in [5.41, 5.74) is 2.58. The van der Waals surface area contributed by atoms with E-state index in [1.165, 1.54) is 4.90 Å². The molecule has 0 aromatic heterocycles. The van der Waals surface area contributed by atoms with Gasteiger partial charge < -0.3 is 10.2 Å². The Morgan fingerprint density at radius 1 is 1.06 bits per heavy atom. The fourth-order valence-corrected chi connectivity index (χ4v) is 5.85. The summed E-state index contributed by atoms with van der Waals surface area (Å²) in [7, 11) is 0. The van der Waals surface area contributed by atoms with Crippen molar-refractivity contribution in [1.29, 1.82) is 0 Å². The molecule has 0 saturated carbocycles. The van der Waals surface area contributed by atoms with Crippen LogP contribution in [0.4, 0.5) is 10.5 Å². The number of benzene rings is 2. The van der Waals surface area contributed by atoms with E-state index in [0.717, 1.165) is 48.9 Å². The number of hydrogen-bond donors (Lipinski definition) is 2. The minimum Gasteiger partial charge on any atom is -0.368 e. The number of carbonyl (C=O) groups is 4. The first-order valence-corrected chi connectivity index (χ1v) is 13.1. The van der Waals surface area contributed by atoms with E-state index in [-0.39, 0.29) is 23.1 Å². The van der Waals surface area contributed by atoms with Crippen molar-refractivity contribution in [3.05, 3.63) is 69.1 Å². The van der Waals surface area contributed by atoms with E-state index >= 15 is 0 Å². The second kappa shape index (κ2) is 10.5. The van der Waals surface area contributed by atoms with Gasteiger partial charge in [0.05, 0.1) is 26.7 Å². The molecule has 3 heterocycles. The molecule has 0 spiro atoms. The Hall–Kier alpha value is -3.14. The minimum atomic E-state index is -0.396. The van der Waals surface area contributed by atoms with Crippen molar-refractivity contribution in [2.24, 2.45) is 0 Å². The van der Waals surface area contributed by atoms with E-state index in [4.69, 9.17) is 11.6 Å². The maximum absolute atomic E-state index is 12.5. The van der Waals surface area contributed by atoms with E-state index in [1.807, 2.05) is 18.2 Å². The van der Waals surface area contributed by atoms with Crippen LogP contribution in [0.2, 0.25) is 5.02 Å². The van der Waals surface area contributed by atoms with E-state index in [9.17, 15) is 19.2 Å². The van der Waals surface area contributed by atoms with E-state index in [0.29, 0.717) is 40.6 Å². The summed E-state index contributed by atoms with van der Waals surface area (Å²) in [5.74, 6) is -0.849. The van der Waals surface area contributed by atoms with Crippen LogP contribution in [0.25, 0.3) is 6.08 Å². The van der Waals surface area contributed by atoms with Crippen molar-refractivity contribution in [2.45, 2.75) is 25.3 Å². The summed E-state index contributed by atoms with van der Waals surface area (Å²) < 4.78 is 0. The maximum Gasteiger partial charge on any atom is 0.290 e. The van der Waals surface area contributed by atoms with Gasteiger partial charge in [-0.25, -0.2) is 0 Å². The summed E-state index contributed by atoms with van der Waals surface area (Å²) >= 11 is 7.48. The molecule has 3 aliphatic rings. The van der Waals surface area contributed by atoms with Crippen LogP contribution < -0.4 is 15.5 Å². The van der Waals surface area contributed by atoms with Crippen molar-refractivity contribution in [3.8, 4) is 0 Å². The molecular weight excluding hydrogens is 500 g/mol. The van der Waals surface area contributed by atoms with Gasteiger partial charge in [-0.05, 0) is 61.8 Å². The fraction of sp³-hybridized carbons (Fsp3) is 0.308. The van der Waals surface area contributed by atoms with Crippen molar-refractivity contribution < 1.29 is 19.2 Å². The molecule has 2 N–H and O–H groups in total. The number of halogens is 1. The maximum atomic E-state index is 12.5. The number of para-hydroxylation sites is 1. The largest absolute Gasteiger partial charge is 0.368 e. The average Bonchev–Trinajstić information content (AvgIpc) is 3.31. The summed E-state index contributed by atoms with van der Waals surface area (Å²) in [6, 6.07) is 12.7. The second-order valence-corrected chi connectivity index (χ2v) is 10.4. The van der Waals surface area contributed by atoms with Crippen LogP contribution in [-0.4, -0.2) is 60.1 Å². The van der Waals surface area contributed by atoms with E-state index < -0.39 is 5.91 Å². The standard InChI is InChI=1S/C26H25ClN4O4S/c27-20-10-3-6-16(14-21-23(32)29-26(35)36-21)22(20)30-12-4-7-17(15-30)28-11-5-13-31-24(33)18-8-1-2-9-19(18)25(31)34/h1-3,6,8-10,14,17,28H,4-5,7,11-13,15H2,(H,29,32,35)/t17-/m1/s1. The zero-order chi connectivity index (χ0) is 25.2. The van der Waals surface area contributed by atoms with Gasteiger partial charge in [0.25, 0.3) is 23.0 Å². The number of imide groups is 2. The Morgan fingerprint density at radius 3 is 2.50 bits per heavy atom. The molecule has 5 rings (SSSR count). The highest BCUT2D eigenvalue weighted by Crippen LogP contribution is 2.35. The fourth-order valence-electron chi connectivity index (χ4n) is 4.88. The molecule has 2 saturated heterocycles. The summed E-state index contributed by atoms with van der Waals surface area (Å²) in [4.78, 5) is 52.6. The Bertz CT molecular complexity index is 1250. The monoisotopic (exact) mass is 524 g/mol. The van der Waals surface area contributed by atoms with Gasteiger partial charge in [-0.2, -0.15) is 0 Å². The number of nitrogens with one attached hydrogen (secondary N) is 2. The number of hydrogen-bond acceptors (Lipinski definition) is 7. The van der Waals surface area contributed by atoms with Gasteiger partial charge in [0, 0.05) is 31.2 Å². The average molecular weight is 525 g/mol. The predicted molar refractivity (Wildman–Crippen MR) is 140 cm³/mol. The molecule has 186 valence electrons. The van der Waals surface area contributed by atoms with Gasteiger partial charge in [0.1, 0.15) is 0 Å². The first kappa shape index (κ1) is 24.5. The summed E-state index contributed by atoms with van der Waals surface area (Å²) in [6.07, 6.45) is 4.33. The lowest BCUT2D eigenvalue weighted by molar-refractivity contribution is -0.115. The van der Waals surface area contributed by atoms with Crippen molar-refractivity contribution in [1.82, 2.24) is 15.5 Å². The minimum absolute atomic E-state index is 0.212. The molecule has 10 heteroatoms. The predicted octanol–water partition coefficient (Wildman–Crippen LogP) is 3.91. The lowest BCUT2D eigenvalue weighted by Crippen LogP contribution is -2.46. The molecule has 4 amide bonds. The molecule has 0 unspecified atom stereocenters. The van der Waals surface area contributed by atoms with Gasteiger partial charge in [-0.15, -0.1) is 0 Å². The van der Waals surface area contributed by atoms with Crippen molar-refractivity contribution >= 4 is 58.1 Å². The quantitative estimate of drug-likeness (QED) is 0.322. The first-order chi connectivity index (χ1) is 17.4. The zero-order valence-corrected chi connectivity index (χ0v) is 21.0. The molecule has 1 atom stereocenters. The van der Waals surface area contributed by atoms with Gasteiger partial charge in [0.2, 0.25) is 0 Å². The van der Waals surface area contributed by atoms with Crippen LogP contribution in [0.1, 0.15) is 45.5 Å². The van der Waals surface area contributed by atoms with Gasteiger partial charge in [-0.1, -0.05) is 35.9 Å².